The second-order valence-corrected chi connectivity index (χ2v) is 14.3. The molecular weight excluding hydrogens is 665 g/mol. The highest BCUT2D eigenvalue weighted by atomic mass is 16.6. The maximum absolute atomic E-state index is 6.70. The molecule has 54 heavy (non-hydrogen) atoms. The molecule has 1 aliphatic heterocycles. The minimum Gasteiger partial charge on any atom is -0.449 e. The molecule has 7 aromatic carbocycles. The van der Waals surface area contributed by atoms with E-state index in [1.54, 1.807) is 0 Å². The Bertz CT molecular complexity index is 2760. The largest absolute Gasteiger partial charge is 0.449 e. The van der Waals surface area contributed by atoms with Gasteiger partial charge in [-0.25, -0.2) is 15.0 Å². The predicted molar refractivity (Wildman–Crippen MR) is 216 cm³/mol. The fourth-order valence-corrected chi connectivity index (χ4v) is 7.73. The van der Waals surface area contributed by atoms with Gasteiger partial charge >= 0.3 is 0 Å². The maximum atomic E-state index is 6.70. The molecule has 2 N–H and O–H groups in total. The van der Waals surface area contributed by atoms with Gasteiger partial charge in [-0.2, -0.15) is 0 Å². The molecule has 0 spiro atoms. The number of nitrogens with zero attached hydrogens (tertiary/aromatic N) is 3. The number of aromatic nitrogens is 3. The molecule has 0 amide bonds. The zero-order valence-corrected chi connectivity index (χ0v) is 29.7. The summed E-state index contributed by atoms with van der Waals surface area (Å²) in [5, 5.41) is 0. The number of nitrogens with two attached hydrogens (primary N) is 1. The average Bonchev–Trinajstić information content (AvgIpc) is 3.44. The molecule has 0 radical (unpaired) electrons. The topological polar surface area (TPSA) is 83.2 Å². The summed E-state index contributed by atoms with van der Waals surface area (Å²) in [5.41, 5.74) is 18.3. The second kappa shape index (κ2) is 12.3. The summed E-state index contributed by atoms with van der Waals surface area (Å²) in [6, 6.07) is 53.3. The third kappa shape index (κ3) is 5.30. The first-order chi connectivity index (χ1) is 26.4. The first-order valence-electron chi connectivity index (χ1n) is 18.0. The van der Waals surface area contributed by atoms with Crippen molar-refractivity contribution < 1.29 is 9.47 Å². The van der Waals surface area contributed by atoms with Gasteiger partial charge in [-0.15, -0.1) is 0 Å². The number of hydrogen-bond donors (Lipinski definition) is 1. The highest BCUT2D eigenvalue weighted by Crippen LogP contribution is 2.56. The van der Waals surface area contributed by atoms with E-state index in [1.807, 2.05) is 72.8 Å². The molecule has 0 bridgehead atoms. The molecule has 10 rings (SSSR count). The number of anilines is 1. The molecule has 0 fully saturated rings. The lowest BCUT2D eigenvalue weighted by atomic mass is 9.82. The number of nitrogen functional groups attached to an aromatic ring is 1. The van der Waals surface area contributed by atoms with Crippen LogP contribution in [-0.4, -0.2) is 15.0 Å². The third-order valence-electron chi connectivity index (χ3n) is 10.5. The van der Waals surface area contributed by atoms with Gasteiger partial charge in [0, 0.05) is 33.4 Å². The van der Waals surface area contributed by atoms with E-state index in [9.17, 15) is 0 Å². The number of fused-ring (bicyclic) bond motifs is 5. The molecule has 2 aliphatic rings. The van der Waals surface area contributed by atoms with Crippen LogP contribution < -0.4 is 15.2 Å². The van der Waals surface area contributed by atoms with Crippen LogP contribution in [-0.2, 0) is 5.41 Å². The standard InChI is InChI=1S/C48H34N4O2/c1-48(2)39-19-7-6-17-37(39)38-27-42-43(28-40(38)48)53-41-20-10-18-36(44(41)54-42)29-21-23-31(24-22-29)46-50-45(30-11-4-3-5-12-30)51-47(52-46)34-15-8-13-32(25-34)33-14-9-16-35(49)26-33/h3-28H,49H2,1-2H3. The molecule has 6 nitrogen and oxygen atoms in total. The normalized spacial score (nSPS) is 13.1. The molecular formula is C48H34N4O2. The summed E-state index contributed by atoms with van der Waals surface area (Å²) in [7, 11) is 0. The van der Waals surface area contributed by atoms with E-state index < -0.39 is 0 Å². The molecule has 0 saturated heterocycles. The Kier molecular flexibility index (Phi) is 7.20. The maximum Gasteiger partial charge on any atom is 0.177 e. The molecule has 258 valence electrons. The van der Waals surface area contributed by atoms with Gasteiger partial charge < -0.3 is 15.2 Å². The molecule has 0 saturated carbocycles. The van der Waals surface area contributed by atoms with Gasteiger partial charge in [-0.3, -0.25) is 0 Å². The summed E-state index contributed by atoms with van der Waals surface area (Å²) in [6.07, 6.45) is 0. The van der Waals surface area contributed by atoms with Gasteiger partial charge in [-0.1, -0.05) is 135 Å². The van der Waals surface area contributed by atoms with E-state index in [4.69, 9.17) is 30.2 Å². The second-order valence-electron chi connectivity index (χ2n) is 14.3. The number of para-hydroxylation sites is 1. The van der Waals surface area contributed by atoms with Crippen molar-refractivity contribution in [3.05, 3.63) is 169 Å². The summed E-state index contributed by atoms with van der Waals surface area (Å²) in [5.74, 6) is 4.60. The van der Waals surface area contributed by atoms with Gasteiger partial charge in [-0.05, 0) is 75.3 Å². The zero-order valence-electron chi connectivity index (χ0n) is 29.7. The van der Waals surface area contributed by atoms with Gasteiger partial charge in [0.05, 0.1) is 0 Å². The number of benzene rings is 7. The molecule has 1 aliphatic carbocycles. The van der Waals surface area contributed by atoms with Crippen molar-refractivity contribution in [1.82, 2.24) is 15.0 Å². The fourth-order valence-electron chi connectivity index (χ4n) is 7.73. The van der Waals surface area contributed by atoms with Crippen molar-refractivity contribution in [1.29, 1.82) is 0 Å². The van der Waals surface area contributed by atoms with E-state index in [1.165, 1.54) is 22.3 Å². The molecule has 0 unspecified atom stereocenters. The SMILES string of the molecule is CC1(C)c2ccccc2-c2cc3c(cc21)Oc1cccc(-c2ccc(-c4nc(-c5ccccc5)nc(-c5cccc(-c6cccc(N)c6)c5)n4)cc2)c1O3. The smallest absolute Gasteiger partial charge is 0.177 e. The van der Waals surface area contributed by atoms with Crippen molar-refractivity contribution in [2.75, 3.05) is 5.73 Å². The van der Waals surface area contributed by atoms with Crippen molar-refractivity contribution in [2.24, 2.45) is 0 Å². The van der Waals surface area contributed by atoms with Crippen LogP contribution >= 0.6 is 0 Å². The highest BCUT2D eigenvalue weighted by Gasteiger charge is 2.37. The van der Waals surface area contributed by atoms with E-state index in [2.05, 4.69) is 98.8 Å². The average molecular weight is 699 g/mol. The predicted octanol–water partition coefficient (Wildman–Crippen LogP) is 12.0. The van der Waals surface area contributed by atoms with Crippen LogP contribution in [0.15, 0.2) is 158 Å². The lowest BCUT2D eigenvalue weighted by Gasteiger charge is -2.26. The highest BCUT2D eigenvalue weighted by molar-refractivity contribution is 5.85. The number of ether oxygens (including phenoxy) is 2. The number of rotatable bonds is 5. The van der Waals surface area contributed by atoms with Crippen molar-refractivity contribution in [3.63, 3.8) is 0 Å². The van der Waals surface area contributed by atoms with Crippen LogP contribution in [0.4, 0.5) is 5.69 Å². The van der Waals surface area contributed by atoms with Gasteiger partial charge in [0.15, 0.2) is 40.5 Å². The third-order valence-corrected chi connectivity index (χ3v) is 10.5. The molecule has 0 atom stereocenters. The van der Waals surface area contributed by atoms with Gasteiger partial charge in [0.25, 0.3) is 0 Å². The van der Waals surface area contributed by atoms with Crippen LogP contribution in [0.3, 0.4) is 0 Å². The Labute approximate surface area is 313 Å². The quantitative estimate of drug-likeness (QED) is 0.180. The summed E-state index contributed by atoms with van der Waals surface area (Å²) < 4.78 is 13.2. The van der Waals surface area contributed by atoms with Gasteiger partial charge in [0.2, 0.25) is 0 Å². The Morgan fingerprint density at radius 2 is 0.981 bits per heavy atom. The Balaban J connectivity index is 1.01. The van der Waals surface area contributed by atoms with E-state index in [-0.39, 0.29) is 5.41 Å². The molecule has 6 heteroatoms. The monoisotopic (exact) mass is 698 g/mol. The van der Waals surface area contributed by atoms with Crippen molar-refractivity contribution >= 4 is 5.69 Å². The zero-order chi connectivity index (χ0) is 36.4. The summed E-state index contributed by atoms with van der Waals surface area (Å²) in [6.45, 7) is 4.54. The molecule has 1 aromatic heterocycles. The van der Waals surface area contributed by atoms with Crippen LogP contribution in [0.25, 0.3) is 67.5 Å². The van der Waals surface area contributed by atoms with Gasteiger partial charge in [0.1, 0.15) is 0 Å². The van der Waals surface area contributed by atoms with E-state index >= 15 is 0 Å². The van der Waals surface area contributed by atoms with Crippen LogP contribution in [0, 0.1) is 0 Å². The Morgan fingerprint density at radius 3 is 1.76 bits per heavy atom. The van der Waals surface area contributed by atoms with E-state index in [0.29, 0.717) is 40.4 Å². The fraction of sp³-hybridized carbons (Fsp3) is 0.0625. The van der Waals surface area contributed by atoms with Crippen molar-refractivity contribution in [2.45, 2.75) is 19.3 Å². The van der Waals surface area contributed by atoms with Crippen LogP contribution in [0.2, 0.25) is 0 Å². The minimum atomic E-state index is -0.128. The Morgan fingerprint density at radius 1 is 0.407 bits per heavy atom. The lowest BCUT2D eigenvalue weighted by molar-refractivity contribution is 0.360. The number of hydrogen-bond acceptors (Lipinski definition) is 6. The first-order valence-corrected chi connectivity index (χ1v) is 18.0. The summed E-state index contributed by atoms with van der Waals surface area (Å²) >= 11 is 0. The summed E-state index contributed by atoms with van der Waals surface area (Å²) in [4.78, 5) is 14.9. The Hall–Kier alpha value is -7.05. The van der Waals surface area contributed by atoms with Crippen LogP contribution in [0.1, 0.15) is 25.0 Å². The van der Waals surface area contributed by atoms with Crippen LogP contribution in [0.5, 0.6) is 23.0 Å². The van der Waals surface area contributed by atoms with Crippen molar-refractivity contribution in [3.8, 4) is 90.5 Å². The minimum absolute atomic E-state index is 0.128. The molecule has 2 heterocycles. The first kappa shape index (κ1) is 31.7. The molecule has 8 aromatic rings. The van der Waals surface area contributed by atoms with E-state index in [0.717, 1.165) is 44.7 Å². The lowest BCUT2D eigenvalue weighted by Crippen LogP contribution is -2.15.